The predicted molar refractivity (Wildman–Crippen MR) is 84.5 cm³/mol. The number of hydrogen-bond acceptors (Lipinski definition) is 5. The van der Waals surface area contributed by atoms with Gasteiger partial charge in [-0.3, -0.25) is 9.89 Å². The van der Waals surface area contributed by atoms with Gasteiger partial charge in [-0.2, -0.15) is 0 Å². The van der Waals surface area contributed by atoms with Gasteiger partial charge in [0.05, 0.1) is 19.0 Å². The van der Waals surface area contributed by atoms with Crippen LogP contribution in [0.3, 0.4) is 0 Å². The number of ether oxygens (including phenoxy) is 1. The molecule has 2 N–H and O–H groups in total. The zero-order valence-corrected chi connectivity index (χ0v) is 13.6. The molecule has 2 atom stereocenters. The number of aromatic amines is 1. The van der Waals surface area contributed by atoms with Crippen LogP contribution < -0.4 is 10.1 Å². The number of likely N-dealkylation sites (N-methyl/N-ethyl adjacent to an activating group) is 1. The summed E-state index contributed by atoms with van der Waals surface area (Å²) in [4.78, 5) is 18.8. The maximum atomic E-state index is 12.4. The normalized spacial score (nSPS) is 21.5. The highest BCUT2D eigenvalue weighted by molar-refractivity contribution is 5.92. The van der Waals surface area contributed by atoms with Crippen LogP contribution in [0.2, 0.25) is 0 Å². The summed E-state index contributed by atoms with van der Waals surface area (Å²) in [5.74, 6) is 0.478. The summed E-state index contributed by atoms with van der Waals surface area (Å²) < 4.78 is 7.28. The van der Waals surface area contributed by atoms with Crippen molar-refractivity contribution in [2.45, 2.75) is 18.9 Å². The molecule has 23 heavy (non-hydrogen) atoms. The summed E-state index contributed by atoms with van der Waals surface area (Å²) in [5, 5.41) is 9.78. The lowest BCUT2D eigenvalue weighted by molar-refractivity contribution is 0.0930. The molecule has 8 nitrogen and oxygen atoms in total. The molecule has 0 aromatic carbocycles. The average molecular weight is 318 g/mol. The van der Waals surface area contributed by atoms with Crippen molar-refractivity contribution >= 4 is 5.91 Å². The largest absolute Gasteiger partial charge is 0.477 e. The molecule has 3 rings (SSSR count). The number of nitrogens with zero attached hydrogens (tertiary/aromatic N) is 4. The third-order valence-electron chi connectivity index (χ3n) is 4.14. The third kappa shape index (κ3) is 3.21. The van der Waals surface area contributed by atoms with E-state index in [9.17, 15) is 4.79 Å². The molecule has 8 heteroatoms. The number of aryl methyl sites for hydroxylation is 1. The van der Waals surface area contributed by atoms with Crippen LogP contribution in [0, 0.1) is 0 Å². The second kappa shape index (κ2) is 6.41. The van der Waals surface area contributed by atoms with Crippen LogP contribution in [-0.4, -0.2) is 63.3 Å². The fraction of sp³-hybridized carbons (Fsp3) is 0.533. The van der Waals surface area contributed by atoms with Crippen molar-refractivity contribution in [1.29, 1.82) is 0 Å². The maximum absolute atomic E-state index is 12.4. The molecule has 124 valence electrons. The fourth-order valence-corrected chi connectivity index (χ4v) is 3.06. The van der Waals surface area contributed by atoms with Gasteiger partial charge in [-0.1, -0.05) is 0 Å². The lowest BCUT2D eigenvalue weighted by atomic mass is 10.00. The monoisotopic (exact) mass is 318 g/mol. The van der Waals surface area contributed by atoms with Crippen molar-refractivity contribution < 1.29 is 9.53 Å². The lowest BCUT2D eigenvalue weighted by Gasteiger charge is -2.19. The number of imidazole rings is 1. The Balaban J connectivity index is 1.72. The summed E-state index contributed by atoms with van der Waals surface area (Å²) in [6, 6.07) is 1.65. The quantitative estimate of drug-likeness (QED) is 0.831. The smallest absolute Gasteiger partial charge is 0.269 e. The first-order valence-electron chi connectivity index (χ1n) is 7.72. The van der Waals surface area contributed by atoms with E-state index in [0.29, 0.717) is 18.2 Å². The number of aromatic nitrogens is 4. The van der Waals surface area contributed by atoms with Crippen LogP contribution >= 0.6 is 0 Å². The van der Waals surface area contributed by atoms with Gasteiger partial charge in [0.2, 0.25) is 5.88 Å². The summed E-state index contributed by atoms with van der Waals surface area (Å²) >= 11 is 0. The Morgan fingerprint density at radius 2 is 2.30 bits per heavy atom. The van der Waals surface area contributed by atoms with E-state index in [1.165, 1.54) is 0 Å². The topological polar surface area (TPSA) is 88.1 Å². The zero-order valence-electron chi connectivity index (χ0n) is 13.6. The van der Waals surface area contributed by atoms with E-state index in [1.807, 2.05) is 24.7 Å². The van der Waals surface area contributed by atoms with E-state index in [4.69, 9.17) is 4.74 Å². The van der Waals surface area contributed by atoms with Crippen LogP contribution in [0.1, 0.15) is 29.0 Å². The maximum Gasteiger partial charge on any atom is 0.269 e. The molecule has 0 spiro atoms. The minimum Gasteiger partial charge on any atom is -0.477 e. The standard InChI is InChI=1S/C15H22N6O2/c1-4-23-14-5-11(18-19-14)15(22)17-12-8-20(2)7-10(12)13-6-16-9-21(13)3/h5-6,9-10,12H,4,7-8H2,1-3H3,(H,17,22)(H,18,19)/t10-,12-/m1/s1. The highest BCUT2D eigenvalue weighted by atomic mass is 16.5. The molecular formula is C15H22N6O2. The van der Waals surface area contributed by atoms with Crippen LogP contribution in [0.25, 0.3) is 0 Å². The van der Waals surface area contributed by atoms with Gasteiger partial charge in [-0.25, -0.2) is 4.98 Å². The zero-order chi connectivity index (χ0) is 16.4. The molecular weight excluding hydrogens is 296 g/mol. The summed E-state index contributed by atoms with van der Waals surface area (Å²) in [6.45, 7) is 4.08. The Bertz CT molecular complexity index is 679. The third-order valence-corrected chi connectivity index (χ3v) is 4.14. The fourth-order valence-electron chi connectivity index (χ4n) is 3.06. The Kier molecular flexibility index (Phi) is 4.33. The molecule has 1 fully saturated rings. The minimum absolute atomic E-state index is 0.0294. The van der Waals surface area contributed by atoms with Gasteiger partial charge in [-0.05, 0) is 14.0 Å². The first-order valence-corrected chi connectivity index (χ1v) is 7.72. The van der Waals surface area contributed by atoms with E-state index in [0.717, 1.165) is 18.8 Å². The minimum atomic E-state index is -0.170. The molecule has 0 unspecified atom stereocenters. The molecule has 0 bridgehead atoms. The van der Waals surface area contributed by atoms with Crippen LogP contribution in [0.5, 0.6) is 5.88 Å². The molecule has 1 aliphatic rings. The molecule has 3 heterocycles. The molecule has 2 aromatic heterocycles. The lowest BCUT2D eigenvalue weighted by Crippen LogP contribution is -2.40. The van der Waals surface area contributed by atoms with Crippen molar-refractivity contribution in [3.05, 3.63) is 30.0 Å². The van der Waals surface area contributed by atoms with Crippen molar-refractivity contribution in [2.75, 3.05) is 26.7 Å². The molecule has 1 saturated heterocycles. The van der Waals surface area contributed by atoms with Gasteiger partial charge in [0.1, 0.15) is 5.69 Å². The molecule has 1 amide bonds. The van der Waals surface area contributed by atoms with Gasteiger partial charge in [0, 0.05) is 44.0 Å². The molecule has 0 aliphatic carbocycles. The Hall–Kier alpha value is -2.35. The highest BCUT2D eigenvalue weighted by Crippen LogP contribution is 2.26. The summed E-state index contributed by atoms with van der Waals surface area (Å²) in [6.07, 6.45) is 3.65. The number of carbonyl (C=O) groups excluding carboxylic acids is 1. The van der Waals surface area contributed by atoms with Crippen molar-refractivity contribution in [3.8, 4) is 5.88 Å². The summed E-state index contributed by atoms with van der Waals surface area (Å²) in [5.41, 5.74) is 1.53. The van der Waals surface area contributed by atoms with Gasteiger partial charge in [0.15, 0.2) is 0 Å². The first kappa shape index (κ1) is 15.5. The number of hydrogen-bond donors (Lipinski definition) is 2. The average Bonchev–Trinajstić information content (AvgIpc) is 3.20. The Morgan fingerprint density at radius 1 is 1.48 bits per heavy atom. The van der Waals surface area contributed by atoms with Crippen molar-refractivity contribution in [1.82, 2.24) is 30.0 Å². The van der Waals surface area contributed by atoms with Gasteiger partial charge in [-0.15, -0.1) is 5.10 Å². The first-order chi connectivity index (χ1) is 11.1. The summed E-state index contributed by atoms with van der Waals surface area (Å²) in [7, 11) is 4.03. The highest BCUT2D eigenvalue weighted by Gasteiger charge is 2.35. The van der Waals surface area contributed by atoms with Crippen LogP contribution in [-0.2, 0) is 7.05 Å². The van der Waals surface area contributed by atoms with E-state index in [2.05, 4.69) is 32.4 Å². The molecule has 0 radical (unpaired) electrons. The van der Waals surface area contributed by atoms with Crippen molar-refractivity contribution in [2.24, 2.45) is 7.05 Å². The number of likely N-dealkylation sites (tertiary alicyclic amines) is 1. The molecule has 0 saturated carbocycles. The second-order valence-corrected chi connectivity index (χ2v) is 5.89. The SMILES string of the molecule is CCOc1cc(C(=O)N[C@@H]2CN(C)C[C@H]2c2cncn2C)[nH]n1. The van der Waals surface area contributed by atoms with E-state index >= 15 is 0 Å². The van der Waals surface area contributed by atoms with Crippen molar-refractivity contribution in [3.63, 3.8) is 0 Å². The second-order valence-electron chi connectivity index (χ2n) is 5.89. The van der Waals surface area contributed by atoms with Gasteiger partial charge in [0.25, 0.3) is 5.91 Å². The van der Waals surface area contributed by atoms with E-state index in [1.54, 1.807) is 12.4 Å². The number of amides is 1. The number of carbonyl (C=O) groups is 1. The van der Waals surface area contributed by atoms with Gasteiger partial charge < -0.3 is 19.5 Å². The van der Waals surface area contributed by atoms with E-state index < -0.39 is 0 Å². The van der Waals surface area contributed by atoms with Crippen LogP contribution in [0.4, 0.5) is 0 Å². The number of rotatable bonds is 5. The van der Waals surface area contributed by atoms with Crippen LogP contribution in [0.15, 0.2) is 18.6 Å². The number of nitrogens with one attached hydrogen (secondary N) is 2. The molecule has 2 aromatic rings. The predicted octanol–water partition coefficient (Wildman–Crippen LogP) is 0.369. The molecule has 1 aliphatic heterocycles. The van der Waals surface area contributed by atoms with E-state index in [-0.39, 0.29) is 17.9 Å². The number of H-pyrrole nitrogens is 1. The Morgan fingerprint density at radius 3 is 3.00 bits per heavy atom. The van der Waals surface area contributed by atoms with Gasteiger partial charge >= 0.3 is 0 Å². The Labute approximate surface area is 134 Å².